The molecule has 3 aliphatic heterocycles. The average molecular weight is 355 g/mol. The minimum Gasteiger partial charge on any atom is -0.465 e. The fourth-order valence-electron chi connectivity index (χ4n) is 4.24. The van der Waals surface area contributed by atoms with E-state index in [9.17, 15) is 9.59 Å². The van der Waals surface area contributed by atoms with Gasteiger partial charge in [0.15, 0.2) is 0 Å². The molecule has 1 unspecified atom stereocenters. The maximum Gasteiger partial charge on any atom is 0.312 e. The molecule has 1 aromatic carbocycles. The summed E-state index contributed by atoms with van der Waals surface area (Å²) in [5, 5.41) is 0. The lowest BCUT2D eigenvalue weighted by molar-refractivity contribution is -0.153. The van der Waals surface area contributed by atoms with Gasteiger partial charge in [0.25, 0.3) is 0 Å². The molecule has 4 atom stereocenters. The van der Waals surface area contributed by atoms with Crippen molar-refractivity contribution in [3.8, 4) is 0 Å². The zero-order valence-electron chi connectivity index (χ0n) is 15.5. The summed E-state index contributed by atoms with van der Waals surface area (Å²) in [7, 11) is 0. The SMILES string of the molecule is CCc1ccc(N2C[C@@]34C=C[C@@H](O3)C(C(=O)OCC(C)C)[C@H]4C2=O)cc1. The van der Waals surface area contributed by atoms with Crippen molar-refractivity contribution >= 4 is 17.6 Å². The van der Waals surface area contributed by atoms with Crippen molar-refractivity contribution in [3.63, 3.8) is 0 Å². The van der Waals surface area contributed by atoms with Gasteiger partial charge in [-0.3, -0.25) is 9.59 Å². The molecular formula is C21H25NO4. The number of benzene rings is 1. The number of esters is 1. The molecule has 2 fully saturated rings. The van der Waals surface area contributed by atoms with Crippen LogP contribution in [0.25, 0.3) is 0 Å². The Balaban J connectivity index is 1.59. The van der Waals surface area contributed by atoms with E-state index in [1.54, 1.807) is 4.90 Å². The molecule has 26 heavy (non-hydrogen) atoms. The van der Waals surface area contributed by atoms with E-state index in [4.69, 9.17) is 9.47 Å². The summed E-state index contributed by atoms with van der Waals surface area (Å²) in [6, 6.07) is 8.02. The summed E-state index contributed by atoms with van der Waals surface area (Å²) in [6.45, 7) is 6.90. The largest absolute Gasteiger partial charge is 0.465 e. The van der Waals surface area contributed by atoms with Crippen LogP contribution in [0.3, 0.4) is 0 Å². The quantitative estimate of drug-likeness (QED) is 0.602. The highest BCUT2D eigenvalue weighted by molar-refractivity contribution is 6.02. The van der Waals surface area contributed by atoms with E-state index in [1.165, 1.54) is 5.56 Å². The maximum atomic E-state index is 13.2. The zero-order chi connectivity index (χ0) is 18.5. The van der Waals surface area contributed by atoms with Gasteiger partial charge in [0.05, 0.1) is 25.2 Å². The van der Waals surface area contributed by atoms with Gasteiger partial charge in [-0.1, -0.05) is 45.1 Å². The van der Waals surface area contributed by atoms with E-state index in [-0.39, 0.29) is 23.9 Å². The third kappa shape index (κ3) is 2.57. The number of amides is 1. The second-order valence-electron chi connectivity index (χ2n) is 7.87. The van der Waals surface area contributed by atoms with Crippen molar-refractivity contribution in [3.05, 3.63) is 42.0 Å². The van der Waals surface area contributed by atoms with Crippen molar-refractivity contribution in [2.24, 2.45) is 17.8 Å². The van der Waals surface area contributed by atoms with Gasteiger partial charge in [0.1, 0.15) is 11.5 Å². The molecule has 0 radical (unpaired) electrons. The van der Waals surface area contributed by atoms with Crippen LogP contribution in [-0.4, -0.2) is 36.7 Å². The molecule has 4 rings (SSSR count). The monoisotopic (exact) mass is 355 g/mol. The molecule has 2 bridgehead atoms. The number of carbonyl (C=O) groups excluding carboxylic acids is 2. The third-order valence-electron chi connectivity index (χ3n) is 5.59. The molecule has 0 aliphatic carbocycles. The normalized spacial score (nSPS) is 31.8. The summed E-state index contributed by atoms with van der Waals surface area (Å²) >= 11 is 0. The first-order chi connectivity index (χ1) is 12.4. The molecule has 3 heterocycles. The molecule has 0 saturated carbocycles. The molecule has 1 spiro atoms. The number of aryl methyl sites for hydroxylation is 1. The first-order valence-corrected chi connectivity index (χ1v) is 9.39. The lowest BCUT2D eigenvalue weighted by atomic mass is 9.77. The second-order valence-corrected chi connectivity index (χ2v) is 7.87. The number of rotatable bonds is 5. The molecule has 0 aromatic heterocycles. The highest BCUT2D eigenvalue weighted by Gasteiger charge is 2.67. The third-order valence-corrected chi connectivity index (χ3v) is 5.59. The lowest BCUT2D eigenvalue weighted by Crippen LogP contribution is -2.40. The van der Waals surface area contributed by atoms with Gasteiger partial charge in [-0.25, -0.2) is 0 Å². The van der Waals surface area contributed by atoms with E-state index in [0.717, 1.165) is 12.1 Å². The summed E-state index contributed by atoms with van der Waals surface area (Å²) in [5.41, 5.74) is 1.38. The van der Waals surface area contributed by atoms with Crippen LogP contribution >= 0.6 is 0 Å². The Bertz CT molecular complexity index is 754. The second kappa shape index (κ2) is 6.23. The Morgan fingerprint density at radius 2 is 2.08 bits per heavy atom. The predicted octanol–water partition coefficient (Wildman–Crippen LogP) is 2.73. The molecule has 5 nitrogen and oxygen atoms in total. The molecule has 5 heteroatoms. The fraction of sp³-hybridized carbons (Fsp3) is 0.524. The first kappa shape index (κ1) is 17.3. The molecule has 1 amide bonds. The van der Waals surface area contributed by atoms with Crippen LogP contribution in [0, 0.1) is 17.8 Å². The van der Waals surface area contributed by atoms with Crippen LogP contribution in [-0.2, 0) is 25.5 Å². The number of hydrogen-bond donors (Lipinski definition) is 0. The van der Waals surface area contributed by atoms with Gasteiger partial charge in [-0.05, 0) is 30.0 Å². The smallest absolute Gasteiger partial charge is 0.312 e. The summed E-state index contributed by atoms with van der Waals surface area (Å²) in [4.78, 5) is 27.6. The Labute approximate surface area is 154 Å². The average Bonchev–Trinajstić information content (AvgIpc) is 3.28. The minimum absolute atomic E-state index is 0.0485. The van der Waals surface area contributed by atoms with Gasteiger partial charge >= 0.3 is 5.97 Å². The molecule has 3 aliphatic rings. The van der Waals surface area contributed by atoms with Crippen LogP contribution in [0.1, 0.15) is 26.3 Å². The van der Waals surface area contributed by atoms with E-state index in [1.807, 2.05) is 50.3 Å². The number of fused-ring (bicyclic) bond motifs is 1. The van der Waals surface area contributed by atoms with E-state index < -0.39 is 17.4 Å². The number of anilines is 1. The van der Waals surface area contributed by atoms with Gasteiger partial charge in [-0.2, -0.15) is 0 Å². The Kier molecular flexibility index (Phi) is 4.14. The first-order valence-electron chi connectivity index (χ1n) is 9.39. The maximum absolute atomic E-state index is 13.2. The van der Waals surface area contributed by atoms with E-state index in [0.29, 0.717) is 13.2 Å². The van der Waals surface area contributed by atoms with Gasteiger partial charge in [0.2, 0.25) is 5.91 Å². The molecule has 2 saturated heterocycles. The van der Waals surface area contributed by atoms with Crippen molar-refractivity contribution in [1.29, 1.82) is 0 Å². The summed E-state index contributed by atoms with van der Waals surface area (Å²) in [5.74, 6) is -1.16. The van der Waals surface area contributed by atoms with Gasteiger partial charge < -0.3 is 14.4 Å². The number of carbonyl (C=O) groups is 2. The standard InChI is InChI=1S/C21H25NO4/c1-4-14-5-7-15(8-6-14)22-12-21-10-9-16(26-21)17(18(21)19(22)23)20(24)25-11-13(2)3/h5-10,13,16-18H,4,11-12H2,1-3H3/t16-,17?,18+,21-/m1/s1. The topological polar surface area (TPSA) is 55.8 Å². The summed E-state index contributed by atoms with van der Waals surface area (Å²) in [6.07, 6.45) is 4.48. The zero-order valence-corrected chi connectivity index (χ0v) is 15.5. The van der Waals surface area contributed by atoms with Crippen LogP contribution in [0.4, 0.5) is 5.69 Å². The van der Waals surface area contributed by atoms with Crippen LogP contribution in [0.2, 0.25) is 0 Å². The van der Waals surface area contributed by atoms with Crippen molar-refractivity contribution < 1.29 is 19.1 Å². The van der Waals surface area contributed by atoms with Crippen LogP contribution in [0.15, 0.2) is 36.4 Å². The molecule has 138 valence electrons. The number of hydrogen-bond acceptors (Lipinski definition) is 4. The van der Waals surface area contributed by atoms with Crippen molar-refractivity contribution in [1.82, 2.24) is 0 Å². The highest BCUT2D eigenvalue weighted by Crippen LogP contribution is 2.52. The van der Waals surface area contributed by atoms with Crippen LogP contribution < -0.4 is 4.90 Å². The Hall–Kier alpha value is -2.14. The van der Waals surface area contributed by atoms with Gasteiger partial charge in [0, 0.05) is 5.69 Å². The van der Waals surface area contributed by atoms with Crippen molar-refractivity contribution in [2.45, 2.75) is 38.9 Å². The molecule has 0 N–H and O–H groups in total. The molecule has 1 aromatic rings. The van der Waals surface area contributed by atoms with E-state index in [2.05, 4.69) is 6.92 Å². The summed E-state index contributed by atoms with van der Waals surface area (Å²) < 4.78 is 11.6. The number of ether oxygens (including phenoxy) is 2. The fourth-order valence-corrected chi connectivity index (χ4v) is 4.24. The van der Waals surface area contributed by atoms with Crippen molar-refractivity contribution in [2.75, 3.05) is 18.1 Å². The van der Waals surface area contributed by atoms with Gasteiger partial charge in [-0.15, -0.1) is 0 Å². The lowest BCUT2D eigenvalue weighted by Gasteiger charge is -2.23. The molecular weight excluding hydrogens is 330 g/mol. The minimum atomic E-state index is -0.702. The van der Waals surface area contributed by atoms with E-state index >= 15 is 0 Å². The highest BCUT2D eigenvalue weighted by atomic mass is 16.6. The van der Waals surface area contributed by atoms with Crippen LogP contribution in [0.5, 0.6) is 0 Å². The Morgan fingerprint density at radius 3 is 2.73 bits per heavy atom. The predicted molar refractivity (Wildman–Crippen MR) is 97.7 cm³/mol. The Morgan fingerprint density at radius 1 is 1.35 bits per heavy atom. The number of nitrogens with zero attached hydrogens (tertiary/aromatic N) is 1.